The zero-order valence-electron chi connectivity index (χ0n) is 16.6. The SMILES string of the molecule is CCOC(=O)N1CCC2(CC(N3C[C@@H]4C(C(=O)N(C)C(C)C)[C@@H]4C3)C2)C1. The number of carbonyl (C=O) groups is 2. The Morgan fingerprint density at radius 1 is 1.23 bits per heavy atom. The van der Waals surface area contributed by atoms with Gasteiger partial charge in [0.1, 0.15) is 0 Å². The maximum atomic E-state index is 12.5. The zero-order chi connectivity index (χ0) is 18.6. The molecular weight excluding hydrogens is 330 g/mol. The van der Waals surface area contributed by atoms with Gasteiger partial charge in [0.15, 0.2) is 0 Å². The Balaban J connectivity index is 1.23. The van der Waals surface area contributed by atoms with E-state index in [1.807, 2.05) is 23.8 Å². The van der Waals surface area contributed by atoms with E-state index in [0.29, 0.717) is 35.8 Å². The third-order valence-electron chi connectivity index (χ3n) is 7.45. The number of hydrogen-bond donors (Lipinski definition) is 0. The minimum Gasteiger partial charge on any atom is -0.450 e. The first-order chi connectivity index (χ1) is 12.3. The molecule has 3 atom stereocenters. The molecule has 0 N–H and O–H groups in total. The molecule has 1 spiro atoms. The van der Waals surface area contributed by atoms with Gasteiger partial charge in [-0.1, -0.05) is 0 Å². The van der Waals surface area contributed by atoms with Crippen LogP contribution in [-0.2, 0) is 9.53 Å². The third kappa shape index (κ3) is 2.90. The lowest BCUT2D eigenvalue weighted by Crippen LogP contribution is -2.52. The van der Waals surface area contributed by atoms with Gasteiger partial charge in [0.2, 0.25) is 5.91 Å². The number of nitrogens with zero attached hydrogens (tertiary/aromatic N) is 3. The van der Waals surface area contributed by atoms with Crippen LogP contribution in [-0.4, -0.2) is 78.6 Å². The Labute approximate surface area is 156 Å². The number of fused-ring (bicyclic) bond motifs is 1. The molecule has 4 fully saturated rings. The van der Waals surface area contributed by atoms with Crippen LogP contribution in [0.3, 0.4) is 0 Å². The summed E-state index contributed by atoms with van der Waals surface area (Å²) in [5.74, 6) is 1.79. The summed E-state index contributed by atoms with van der Waals surface area (Å²) in [5, 5.41) is 0. The molecule has 26 heavy (non-hydrogen) atoms. The third-order valence-corrected chi connectivity index (χ3v) is 7.45. The van der Waals surface area contributed by atoms with Crippen molar-refractivity contribution in [3.8, 4) is 0 Å². The molecule has 2 aliphatic carbocycles. The highest BCUT2D eigenvalue weighted by atomic mass is 16.6. The maximum Gasteiger partial charge on any atom is 0.409 e. The van der Waals surface area contributed by atoms with Gasteiger partial charge in [0.25, 0.3) is 0 Å². The van der Waals surface area contributed by atoms with Crippen molar-refractivity contribution in [1.82, 2.24) is 14.7 Å². The van der Waals surface area contributed by atoms with E-state index in [1.165, 1.54) is 12.8 Å². The Bertz CT molecular complexity index is 575. The molecule has 0 radical (unpaired) electrons. The van der Waals surface area contributed by atoms with E-state index in [4.69, 9.17) is 4.74 Å². The molecule has 2 saturated heterocycles. The monoisotopic (exact) mass is 363 g/mol. The molecule has 0 aromatic carbocycles. The van der Waals surface area contributed by atoms with Crippen molar-refractivity contribution in [2.45, 2.75) is 52.1 Å². The molecular formula is C20H33N3O3. The van der Waals surface area contributed by atoms with Crippen LogP contribution in [0.15, 0.2) is 0 Å². The van der Waals surface area contributed by atoms with Crippen LogP contribution in [0, 0.1) is 23.2 Å². The van der Waals surface area contributed by atoms with Crippen molar-refractivity contribution >= 4 is 12.0 Å². The average molecular weight is 364 g/mol. The Morgan fingerprint density at radius 3 is 2.46 bits per heavy atom. The van der Waals surface area contributed by atoms with Crippen LogP contribution in [0.1, 0.15) is 40.0 Å². The lowest BCUT2D eigenvalue weighted by Gasteiger charge is -2.49. The second-order valence-corrected chi connectivity index (χ2v) is 9.28. The molecule has 6 nitrogen and oxygen atoms in total. The molecule has 4 aliphatic rings. The number of carbonyl (C=O) groups excluding carboxylic acids is 2. The molecule has 0 aromatic rings. The van der Waals surface area contributed by atoms with Gasteiger partial charge < -0.3 is 14.5 Å². The summed E-state index contributed by atoms with van der Waals surface area (Å²) in [7, 11) is 1.93. The summed E-state index contributed by atoms with van der Waals surface area (Å²) >= 11 is 0. The Morgan fingerprint density at radius 2 is 1.88 bits per heavy atom. The van der Waals surface area contributed by atoms with Gasteiger partial charge in [-0.25, -0.2) is 4.79 Å². The van der Waals surface area contributed by atoms with Crippen molar-refractivity contribution in [2.24, 2.45) is 23.2 Å². The van der Waals surface area contributed by atoms with Crippen molar-refractivity contribution < 1.29 is 14.3 Å². The van der Waals surface area contributed by atoms with Crippen molar-refractivity contribution in [1.29, 1.82) is 0 Å². The highest BCUT2D eigenvalue weighted by molar-refractivity contribution is 5.82. The predicted molar refractivity (Wildman–Crippen MR) is 98.6 cm³/mol. The van der Waals surface area contributed by atoms with E-state index in [9.17, 15) is 9.59 Å². The summed E-state index contributed by atoms with van der Waals surface area (Å²) in [5.41, 5.74) is 0.331. The lowest BCUT2D eigenvalue weighted by atomic mass is 9.64. The largest absolute Gasteiger partial charge is 0.450 e. The van der Waals surface area contributed by atoms with Gasteiger partial charge in [-0.2, -0.15) is 0 Å². The van der Waals surface area contributed by atoms with Gasteiger partial charge in [-0.3, -0.25) is 9.69 Å². The second kappa shape index (κ2) is 6.39. The minimum absolute atomic E-state index is 0.147. The summed E-state index contributed by atoms with van der Waals surface area (Å²) in [6, 6.07) is 0.944. The molecule has 0 aromatic heterocycles. The fourth-order valence-corrected chi connectivity index (χ4v) is 5.55. The second-order valence-electron chi connectivity index (χ2n) is 9.28. The molecule has 2 amide bonds. The standard InChI is InChI=1S/C20H33N3O3/c1-5-26-19(25)22-7-6-20(12-22)8-14(9-20)23-10-15-16(11-23)17(15)18(24)21(4)13(2)3/h13-17H,5-12H2,1-4H3/t14?,15-,16+,17?,20?. The number of amides is 2. The highest BCUT2D eigenvalue weighted by Gasteiger charge is 2.62. The first kappa shape index (κ1) is 18.1. The van der Waals surface area contributed by atoms with Crippen molar-refractivity contribution in [3.63, 3.8) is 0 Å². The highest BCUT2D eigenvalue weighted by Crippen LogP contribution is 2.57. The average Bonchev–Trinajstić information content (AvgIpc) is 2.95. The van der Waals surface area contributed by atoms with Crippen LogP contribution in [0.2, 0.25) is 0 Å². The number of hydrogen-bond acceptors (Lipinski definition) is 4. The zero-order valence-corrected chi connectivity index (χ0v) is 16.6. The van der Waals surface area contributed by atoms with E-state index >= 15 is 0 Å². The van der Waals surface area contributed by atoms with E-state index in [-0.39, 0.29) is 18.1 Å². The van der Waals surface area contributed by atoms with Crippen LogP contribution in [0.4, 0.5) is 4.79 Å². The molecule has 6 heteroatoms. The maximum absolute atomic E-state index is 12.5. The predicted octanol–water partition coefficient (Wildman–Crippen LogP) is 2.04. The van der Waals surface area contributed by atoms with Crippen LogP contribution >= 0.6 is 0 Å². The molecule has 2 heterocycles. The van der Waals surface area contributed by atoms with E-state index in [0.717, 1.165) is 32.6 Å². The van der Waals surface area contributed by atoms with Gasteiger partial charge in [0.05, 0.1) is 6.61 Å². The fourth-order valence-electron chi connectivity index (χ4n) is 5.55. The van der Waals surface area contributed by atoms with Crippen molar-refractivity contribution in [3.05, 3.63) is 0 Å². The lowest BCUT2D eigenvalue weighted by molar-refractivity contribution is -0.134. The summed E-state index contributed by atoms with van der Waals surface area (Å²) < 4.78 is 5.15. The van der Waals surface area contributed by atoms with Crippen LogP contribution < -0.4 is 0 Å². The van der Waals surface area contributed by atoms with Gasteiger partial charge in [0, 0.05) is 51.2 Å². The topological polar surface area (TPSA) is 53.1 Å². The molecule has 4 rings (SSSR count). The summed E-state index contributed by atoms with van der Waals surface area (Å²) in [4.78, 5) is 30.9. The Hall–Kier alpha value is -1.30. The molecule has 2 aliphatic heterocycles. The van der Waals surface area contributed by atoms with Gasteiger partial charge in [-0.15, -0.1) is 0 Å². The first-order valence-electron chi connectivity index (χ1n) is 10.3. The van der Waals surface area contributed by atoms with Gasteiger partial charge in [-0.05, 0) is 57.3 Å². The molecule has 2 saturated carbocycles. The van der Waals surface area contributed by atoms with Crippen molar-refractivity contribution in [2.75, 3.05) is 39.8 Å². The van der Waals surface area contributed by atoms with E-state index in [1.54, 1.807) is 0 Å². The number of ether oxygens (including phenoxy) is 1. The first-order valence-corrected chi connectivity index (χ1v) is 10.3. The quantitative estimate of drug-likeness (QED) is 0.767. The smallest absolute Gasteiger partial charge is 0.409 e. The molecule has 0 bridgehead atoms. The summed E-state index contributed by atoms with van der Waals surface area (Å²) in [6.45, 7) is 10.4. The number of rotatable bonds is 4. The van der Waals surface area contributed by atoms with E-state index in [2.05, 4.69) is 18.7 Å². The summed E-state index contributed by atoms with van der Waals surface area (Å²) in [6.07, 6.45) is 3.37. The van der Waals surface area contributed by atoms with Gasteiger partial charge >= 0.3 is 6.09 Å². The normalized spacial score (nSPS) is 38.4. The number of likely N-dealkylation sites (tertiary alicyclic amines) is 2. The van der Waals surface area contributed by atoms with Crippen LogP contribution in [0.5, 0.6) is 0 Å². The fraction of sp³-hybridized carbons (Fsp3) is 0.900. The Kier molecular flexibility index (Phi) is 4.45. The molecule has 146 valence electrons. The molecule has 1 unspecified atom stereocenters. The number of piperidine rings is 1. The van der Waals surface area contributed by atoms with E-state index < -0.39 is 0 Å². The van der Waals surface area contributed by atoms with Crippen LogP contribution in [0.25, 0.3) is 0 Å². The minimum atomic E-state index is -0.147.